The Morgan fingerprint density at radius 1 is 1.00 bits per heavy atom. The molecule has 2 nitrogen and oxygen atoms in total. The Morgan fingerprint density at radius 2 is 1.88 bits per heavy atom. The highest BCUT2D eigenvalue weighted by Gasteiger charge is 2.10. The number of hydrogen-bond donors (Lipinski definition) is 0. The highest BCUT2D eigenvalue weighted by molar-refractivity contribution is 7.25. The van der Waals surface area contributed by atoms with E-state index in [9.17, 15) is 0 Å². The average molecular weight is 224 g/mol. The molecular weight excluding hydrogens is 216 g/mol. The third-order valence-corrected chi connectivity index (χ3v) is 3.99. The maximum Gasteiger partial charge on any atom is 0.138 e. The van der Waals surface area contributed by atoms with E-state index in [2.05, 4.69) is 39.8 Å². The lowest BCUT2D eigenvalue weighted by Crippen LogP contribution is -1.79. The number of nitrogens with zero attached hydrogens (tertiary/aromatic N) is 2. The third-order valence-electron chi connectivity index (χ3n) is 2.83. The van der Waals surface area contributed by atoms with E-state index in [1.165, 1.54) is 14.9 Å². The molecule has 0 saturated carbocycles. The molecule has 0 fully saturated rings. The van der Waals surface area contributed by atoms with E-state index < -0.39 is 0 Å². The van der Waals surface area contributed by atoms with Gasteiger partial charge in [0, 0.05) is 16.3 Å². The predicted molar refractivity (Wildman–Crippen MR) is 68.1 cm³/mol. The Morgan fingerprint density at radius 3 is 2.88 bits per heavy atom. The lowest BCUT2D eigenvalue weighted by Gasteiger charge is -1.90. The molecule has 0 radical (unpaired) electrons. The summed E-state index contributed by atoms with van der Waals surface area (Å²) in [4.78, 5) is 5.91. The summed E-state index contributed by atoms with van der Waals surface area (Å²) in [6.45, 7) is 0. The van der Waals surface area contributed by atoms with E-state index >= 15 is 0 Å². The van der Waals surface area contributed by atoms with Crippen molar-refractivity contribution in [2.45, 2.75) is 0 Å². The molecule has 0 N–H and O–H groups in total. The first-order valence-corrected chi connectivity index (χ1v) is 5.99. The minimum absolute atomic E-state index is 1.02. The fourth-order valence-electron chi connectivity index (χ4n) is 2.10. The number of rotatable bonds is 0. The first kappa shape index (κ1) is 8.30. The van der Waals surface area contributed by atoms with E-state index in [0.717, 1.165) is 11.2 Å². The Labute approximate surface area is 95.8 Å². The molecule has 4 rings (SSSR count). The van der Waals surface area contributed by atoms with Crippen LogP contribution in [-0.4, -0.2) is 9.38 Å². The number of fused-ring (bicyclic) bond motifs is 5. The average Bonchev–Trinajstić information content (AvgIpc) is 2.85. The van der Waals surface area contributed by atoms with Crippen LogP contribution in [0, 0.1) is 0 Å². The SMILES string of the molecule is c1ccc2c(c1)sc1c2nc2ccccn21. The Balaban J connectivity index is 2.35. The molecule has 0 saturated heterocycles. The van der Waals surface area contributed by atoms with Crippen LogP contribution in [0.3, 0.4) is 0 Å². The minimum atomic E-state index is 1.02. The molecule has 3 heteroatoms. The summed E-state index contributed by atoms with van der Waals surface area (Å²) >= 11 is 1.80. The maximum absolute atomic E-state index is 4.68. The van der Waals surface area contributed by atoms with Gasteiger partial charge >= 0.3 is 0 Å². The topological polar surface area (TPSA) is 17.3 Å². The number of pyridine rings is 1. The number of aromatic nitrogens is 2. The molecule has 16 heavy (non-hydrogen) atoms. The summed E-state index contributed by atoms with van der Waals surface area (Å²) in [7, 11) is 0. The third kappa shape index (κ3) is 0.933. The van der Waals surface area contributed by atoms with Gasteiger partial charge in [0.05, 0.1) is 0 Å². The fourth-order valence-corrected chi connectivity index (χ4v) is 3.24. The normalized spacial score (nSPS) is 11.8. The quantitative estimate of drug-likeness (QED) is 0.445. The van der Waals surface area contributed by atoms with Crippen molar-refractivity contribution < 1.29 is 0 Å². The molecule has 4 aromatic rings. The van der Waals surface area contributed by atoms with Crippen LogP contribution in [0.15, 0.2) is 48.7 Å². The fraction of sp³-hybridized carbons (Fsp3) is 0. The Bertz CT molecular complexity index is 741. The summed E-state index contributed by atoms with van der Waals surface area (Å²) in [5, 5.41) is 1.26. The van der Waals surface area contributed by atoms with Crippen molar-refractivity contribution in [2.24, 2.45) is 0 Å². The van der Waals surface area contributed by atoms with E-state index in [4.69, 9.17) is 0 Å². The van der Waals surface area contributed by atoms with Crippen molar-refractivity contribution in [2.75, 3.05) is 0 Å². The second-order valence-electron chi connectivity index (χ2n) is 3.79. The van der Waals surface area contributed by atoms with Gasteiger partial charge in [-0.2, -0.15) is 0 Å². The van der Waals surface area contributed by atoms with Gasteiger partial charge in [-0.15, -0.1) is 11.3 Å². The van der Waals surface area contributed by atoms with Gasteiger partial charge < -0.3 is 0 Å². The van der Waals surface area contributed by atoms with Gasteiger partial charge in [-0.05, 0) is 18.2 Å². The van der Waals surface area contributed by atoms with Crippen LogP contribution in [0.5, 0.6) is 0 Å². The molecule has 76 valence electrons. The van der Waals surface area contributed by atoms with Crippen LogP contribution in [0.2, 0.25) is 0 Å². The highest BCUT2D eigenvalue weighted by Crippen LogP contribution is 2.33. The maximum atomic E-state index is 4.68. The van der Waals surface area contributed by atoms with E-state index in [1.807, 2.05) is 18.2 Å². The standard InChI is InChI=1S/C13H8N2S/c1-2-6-10-9(5-1)12-13(16-10)15-8-4-3-7-11(15)14-12/h1-8H. The first-order valence-electron chi connectivity index (χ1n) is 5.18. The van der Waals surface area contributed by atoms with Crippen molar-refractivity contribution in [3.05, 3.63) is 48.7 Å². The van der Waals surface area contributed by atoms with Crippen molar-refractivity contribution in [3.63, 3.8) is 0 Å². The Hall–Kier alpha value is -1.87. The van der Waals surface area contributed by atoms with Crippen molar-refractivity contribution >= 4 is 37.4 Å². The molecular formula is C13H8N2S. The lowest BCUT2D eigenvalue weighted by atomic mass is 10.2. The van der Waals surface area contributed by atoms with Crippen LogP contribution in [0.25, 0.3) is 26.1 Å². The van der Waals surface area contributed by atoms with Crippen molar-refractivity contribution in [1.82, 2.24) is 9.38 Å². The second kappa shape index (κ2) is 2.83. The predicted octanol–water partition coefficient (Wildman–Crippen LogP) is 3.70. The molecule has 0 atom stereocenters. The molecule has 0 bridgehead atoms. The molecule has 3 heterocycles. The summed E-state index contributed by atoms with van der Waals surface area (Å²) in [6, 6.07) is 14.5. The van der Waals surface area contributed by atoms with Gasteiger partial charge in [-0.1, -0.05) is 24.3 Å². The van der Waals surface area contributed by atoms with Crippen molar-refractivity contribution in [3.8, 4) is 0 Å². The van der Waals surface area contributed by atoms with E-state index in [0.29, 0.717) is 0 Å². The lowest BCUT2D eigenvalue weighted by molar-refractivity contribution is 1.24. The van der Waals surface area contributed by atoms with E-state index in [1.54, 1.807) is 11.3 Å². The van der Waals surface area contributed by atoms with Gasteiger partial charge in [-0.25, -0.2) is 4.98 Å². The van der Waals surface area contributed by atoms with Gasteiger partial charge in [0.25, 0.3) is 0 Å². The number of thiophene rings is 1. The molecule has 3 aromatic heterocycles. The number of benzene rings is 1. The summed E-state index contributed by atoms with van der Waals surface area (Å²) in [5.41, 5.74) is 2.14. The highest BCUT2D eigenvalue weighted by atomic mass is 32.1. The zero-order valence-corrected chi connectivity index (χ0v) is 9.24. The smallest absolute Gasteiger partial charge is 0.138 e. The molecule has 1 aromatic carbocycles. The monoisotopic (exact) mass is 224 g/mol. The van der Waals surface area contributed by atoms with Gasteiger partial charge in [0.15, 0.2) is 0 Å². The van der Waals surface area contributed by atoms with Crippen LogP contribution in [0.1, 0.15) is 0 Å². The van der Waals surface area contributed by atoms with Gasteiger partial charge in [0.1, 0.15) is 16.0 Å². The zero-order valence-electron chi connectivity index (χ0n) is 8.42. The minimum Gasteiger partial charge on any atom is -0.291 e. The zero-order chi connectivity index (χ0) is 10.5. The molecule has 0 aliphatic heterocycles. The van der Waals surface area contributed by atoms with Crippen molar-refractivity contribution in [1.29, 1.82) is 0 Å². The molecule has 0 spiro atoms. The van der Waals surface area contributed by atoms with Gasteiger partial charge in [-0.3, -0.25) is 4.40 Å². The van der Waals surface area contributed by atoms with Gasteiger partial charge in [0.2, 0.25) is 0 Å². The largest absolute Gasteiger partial charge is 0.291 e. The van der Waals surface area contributed by atoms with Crippen LogP contribution in [-0.2, 0) is 0 Å². The summed E-state index contributed by atoms with van der Waals surface area (Å²) in [6.07, 6.45) is 2.07. The van der Waals surface area contributed by atoms with Crippen LogP contribution < -0.4 is 0 Å². The molecule has 0 amide bonds. The molecule has 0 aliphatic carbocycles. The second-order valence-corrected chi connectivity index (χ2v) is 4.82. The first-order chi connectivity index (χ1) is 7.93. The van der Waals surface area contributed by atoms with E-state index in [-0.39, 0.29) is 0 Å². The Kier molecular flexibility index (Phi) is 1.47. The summed E-state index contributed by atoms with van der Waals surface area (Å²) < 4.78 is 3.46. The summed E-state index contributed by atoms with van der Waals surface area (Å²) in [5.74, 6) is 0. The molecule has 0 aliphatic rings. The van der Waals surface area contributed by atoms with Crippen LogP contribution >= 0.6 is 11.3 Å². The number of imidazole rings is 1. The van der Waals surface area contributed by atoms with Crippen LogP contribution in [0.4, 0.5) is 0 Å². The number of hydrogen-bond acceptors (Lipinski definition) is 2. The molecule has 0 unspecified atom stereocenters.